The minimum atomic E-state index is -2.95. The van der Waals surface area contributed by atoms with Crippen molar-refractivity contribution in [1.82, 2.24) is 15.5 Å². The number of para-hydroxylation sites is 1. The lowest BCUT2D eigenvalue weighted by molar-refractivity contribution is -0.130. The van der Waals surface area contributed by atoms with Gasteiger partial charge in [0.15, 0.2) is 0 Å². The second-order valence-corrected chi connectivity index (χ2v) is 5.21. The molecule has 0 radical (unpaired) electrons. The van der Waals surface area contributed by atoms with E-state index in [1.165, 1.54) is 11.0 Å². The van der Waals surface area contributed by atoms with Gasteiger partial charge in [0.05, 0.1) is 6.04 Å². The van der Waals surface area contributed by atoms with Gasteiger partial charge in [0, 0.05) is 19.7 Å². The number of alkyl halides is 2. The average Bonchev–Trinajstić information content (AvgIpc) is 2.45. The average molecular weight is 329 g/mol. The van der Waals surface area contributed by atoms with E-state index >= 15 is 0 Å². The molecule has 0 spiro atoms. The van der Waals surface area contributed by atoms with E-state index in [9.17, 15) is 18.4 Å². The number of rotatable bonds is 6. The van der Waals surface area contributed by atoms with Crippen LogP contribution in [0.1, 0.15) is 25.5 Å². The van der Waals surface area contributed by atoms with Crippen LogP contribution < -0.4 is 15.4 Å². The van der Waals surface area contributed by atoms with Gasteiger partial charge in [0.25, 0.3) is 0 Å². The van der Waals surface area contributed by atoms with E-state index in [4.69, 9.17) is 0 Å². The van der Waals surface area contributed by atoms with Crippen LogP contribution in [0, 0.1) is 0 Å². The molecular formula is C15H21F2N3O3. The van der Waals surface area contributed by atoms with Crippen molar-refractivity contribution in [3.05, 3.63) is 29.8 Å². The smallest absolute Gasteiger partial charge is 0.387 e. The number of amides is 3. The number of ether oxygens (including phenoxy) is 1. The molecule has 0 fully saturated rings. The van der Waals surface area contributed by atoms with Crippen molar-refractivity contribution in [3.8, 4) is 5.75 Å². The molecule has 0 unspecified atom stereocenters. The van der Waals surface area contributed by atoms with Crippen molar-refractivity contribution in [1.29, 1.82) is 0 Å². The number of hydrogen-bond donors (Lipinski definition) is 2. The monoisotopic (exact) mass is 329 g/mol. The summed E-state index contributed by atoms with van der Waals surface area (Å²) < 4.78 is 29.2. The van der Waals surface area contributed by atoms with Gasteiger partial charge in [0.2, 0.25) is 5.91 Å². The molecule has 0 aliphatic carbocycles. The molecule has 0 bridgehead atoms. The van der Waals surface area contributed by atoms with Crippen molar-refractivity contribution >= 4 is 11.9 Å². The highest BCUT2D eigenvalue weighted by Crippen LogP contribution is 2.26. The minimum Gasteiger partial charge on any atom is -0.434 e. The first-order valence-corrected chi connectivity index (χ1v) is 7.04. The number of likely N-dealkylation sites (N-methyl/N-ethyl adjacent to an activating group) is 1. The van der Waals surface area contributed by atoms with Crippen molar-refractivity contribution in [2.24, 2.45) is 0 Å². The number of carbonyl (C=O) groups excluding carboxylic acids is 2. The summed E-state index contributed by atoms with van der Waals surface area (Å²) >= 11 is 0. The van der Waals surface area contributed by atoms with Gasteiger partial charge in [0.1, 0.15) is 11.8 Å². The zero-order chi connectivity index (χ0) is 17.6. The van der Waals surface area contributed by atoms with Gasteiger partial charge in [-0.25, -0.2) is 4.79 Å². The van der Waals surface area contributed by atoms with E-state index in [1.54, 1.807) is 46.1 Å². The Balaban J connectivity index is 2.71. The van der Waals surface area contributed by atoms with E-state index in [2.05, 4.69) is 15.4 Å². The topological polar surface area (TPSA) is 70.7 Å². The van der Waals surface area contributed by atoms with Crippen LogP contribution in [-0.2, 0) is 4.79 Å². The van der Waals surface area contributed by atoms with E-state index < -0.39 is 24.7 Å². The highest BCUT2D eigenvalue weighted by molar-refractivity contribution is 5.86. The molecule has 1 aromatic carbocycles. The molecule has 0 saturated carbocycles. The third-order valence-electron chi connectivity index (χ3n) is 3.11. The lowest BCUT2D eigenvalue weighted by Gasteiger charge is -2.21. The molecule has 2 atom stereocenters. The van der Waals surface area contributed by atoms with Gasteiger partial charge in [-0.3, -0.25) is 4.79 Å². The second kappa shape index (κ2) is 8.30. The summed E-state index contributed by atoms with van der Waals surface area (Å²) in [7, 11) is 3.16. The summed E-state index contributed by atoms with van der Waals surface area (Å²) in [6.07, 6.45) is 0. The van der Waals surface area contributed by atoms with Gasteiger partial charge in [-0.2, -0.15) is 8.78 Å². The summed E-state index contributed by atoms with van der Waals surface area (Å²) in [5.74, 6) is -0.262. The van der Waals surface area contributed by atoms with Crippen LogP contribution in [-0.4, -0.2) is 43.6 Å². The Bertz CT molecular complexity index is 553. The number of benzene rings is 1. The molecule has 6 nitrogen and oxygen atoms in total. The highest BCUT2D eigenvalue weighted by Gasteiger charge is 2.20. The summed E-state index contributed by atoms with van der Waals surface area (Å²) in [6, 6.07) is 4.34. The van der Waals surface area contributed by atoms with Gasteiger partial charge in [-0.15, -0.1) is 0 Å². The molecule has 0 aliphatic heterocycles. The Morgan fingerprint density at radius 1 is 1.13 bits per heavy atom. The Morgan fingerprint density at radius 3 is 2.30 bits per heavy atom. The summed E-state index contributed by atoms with van der Waals surface area (Å²) in [5.41, 5.74) is 0.412. The molecule has 1 rings (SSSR count). The number of halogens is 2. The quantitative estimate of drug-likeness (QED) is 0.840. The summed E-state index contributed by atoms with van der Waals surface area (Å²) in [4.78, 5) is 25.0. The van der Waals surface area contributed by atoms with Crippen LogP contribution in [0.25, 0.3) is 0 Å². The number of nitrogens with one attached hydrogen (secondary N) is 2. The predicted molar refractivity (Wildman–Crippen MR) is 81.3 cm³/mol. The van der Waals surface area contributed by atoms with Crippen LogP contribution in [0.2, 0.25) is 0 Å². The molecule has 23 heavy (non-hydrogen) atoms. The number of urea groups is 1. The lowest BCUT2D eigenvalue weighted by Crippen LogP contribution is -2.48. The van der Waals surface area contributed by atoms with Gasteiger partial charge in [-0.05, 0) is 19.9 Å². The number of hydrogen-bond acceptors (Lipinski definition) is 3. The van der Waals surface area contributed by atoms with E-state index in [0.717, 1.165) is 0 Å². The van der Waals surface area contributed by atoms with E-state index in [0.29, 0.717) is 5.56 Å². The molecule has 8 heteroatoms. The van der Waals surface area contributed by atoms with Crippen LogP contribution >= 0.6 is 0 Å². The van der Waals surface area contributed by atoms with Crippen LogP contribution in [0.5, 0.6) is 5.75 Å². The molecule has 0 saturated heterocycles. The molecule has 0 heterocycles. The summed E-state index contributed by atoms with van der Waals surface area (Å²) in [5, 5.41) is 5.08. The molecule has 128 valence electrons. The second-order valence-electron chi connectivity index (χ2n) is 5.21. The van der Waals surface area contributed by atoms with Crippen LogP contribution in [0.3, 0.4) is 0 Å². The molecule has 1 aromatic rings. The fourth-order valence-corrected chi connectivity index (χ4v) is 2.00. The molecule has 3 amide bonds. The van der Waals surface area contributed by atoms with Crippen molar-refractivity contribution in [2.45, 2.75) is 32.5 Å². The fourth-order valence-electron chi connectivity index (χ4n) is 2.00. The fraction of sp³-hybridized carbons (Fsp3) is 0.467. The highest BCUT2D eigenvalue weighted by atomic mass is 19.3. The maximum absolute atomic E-state index is 12.4. The molecule has 0 aromatic heterocycles. The SMILES string of the molecule is C[C@H](NC(=O)N[C@H](C)c1ccccc1OC(F)F)C(=O)N(C)C. The van der Waals surface area contributed by atoms with Crippen LogP contribution in [0.4, 0.5) is 13.6 Å². The van der Waals surface area contributed by atoms with Gasteiger partial charge >= 0.3 is 12.6 Å². The maximum Gasteiger partial charge on any atom is 0.387 e. The first kappa shape index (κ1) is 18.7. The zero-order valence-corrected chi connectivity index (χ0v) is 13.5. The Hall–Kier alpha value is -2.38. The summed E-state index contributed by atoms with van der Waals surface area (Å²) in [6.45, 7) is 0.237. The lowest BCUT2D eigenvalue weighted by atomic mass is 10.1. The predicted octanol–water partition coefficient (Wildman–Crippen LogP) is 2.12. The van der Waals surface area contributed by atoms with Gasteiger partial charge < -0.3 is 20.3 Å². The van der Waals surface area contributed by atoms with Crippen LogP contribution in [0.15, 0.2) is 24.3 Å². The first-order valence-electron chi connectivity index (χ1n) is 7.04. The van der Waals surface area contributed by atoms with Crippen molar-refractivity contribution in [2.75, 3.05) is 14.1 Å². The normalized spacial score (nSPS) is 13.2. The molecule has 0 aliphatic rings. The first-order chi connectivity index (χ1) is 10.7. The Kier molecular flexibility index (Phi) is 6.74. The maximum atomic E-state index is 12.4. The molecular weight excluding hydrogens is 308 g/mol. The van der Waals surface area contributed by atoms with E-state index in [1.807, 2.05) is 0 Å². The standard InChI is InChI=1S/C15H21F2N3O3/c1-9(11-7-5-6-8-12(11)23-14(16)17)18-15(22)19-10(2)13(21)20(3)4/h5-10,14H,1-4H3,(H2,18,19,22)/t9-,10+/m1/s1. The Morgan fingerprint density at radius 2 is 1.74 bits per heavy atom. The largest absolute Gasteiger partial charge is 0.434 e. The van der Waals surface area contributed by atoms with Gasteiger partial charge in [-0.1, -0.05) is 18.2 Å². The molecule has 2 N–H and O–H groups in total. The number of nitrogens with zero attached hydrogens (tertiary/aromatic N) is 1. The van der Waals surface area contributed by atoms with E-state index in [-0.39, 0.29) is 11.7 Å². The zero-order valence-electron chi connectivity index (χ0n) is 13.5. The third kappa shape index (κ3) is 5.72. The van der Waals surface area contributed by atoms with Crippen molar-refractivity contribution < 1.29 is 23.1 Å². The number of carbonyl (C=O) groups is 2. The third-order valence-corrected chi connectivity index (χ3v) is 3.11. The van der Waals surface area contributed by atoms with Crippen molar-refractivity contribution in [3.63, 3.8) is 0 Å². The Labute approximate surface area is 133 Å². The minimum absolute atomic E-state index is 0.00674.